The van der Waals surface area contributed by atoms with Gasteiger partial charge in [-0.05, 0) is 64.4 Å². The van der Waals surface area contributed by atoms with Crippen molar-refractivity contribution in [3.05, 3.63) is 213 Å². The van der Waals surface area contributed by atoms with E-state index in [-0.39, 0.29) is 35.5 Å². The number of carboxylic acids is 2. The van der Waals surface area contributed by atoms with E-state index in [0.29, 0.717) is 18.4 Å². The van der Waals surface area contributed by atoms with Crippen LogP contribution in [0.1, 0.15) is 74.8 Å². The Balaban J connectivity index is 0.000000201. The topological polar surface area (TPSA) is 127 Å². The molecule has 0 aliphatic carbocycles. The van der Waals surface area contributed by atoms with Crippen molar-refractivity contribution >= 4 is 23.9 Å². The molecule has 0 aliphatic heterocycles. The van der Waals surface area contributed by atoms with E-state index in [1.807, 2.05) is 121 Å². The summed E-state index contributed by atoms with van der Waals surface area (Å²) in [6, 6.07) is 47.5. The Hall–Kier alpha value is -6.80. The minimum Gasteiger partial charge on any atom is -0.478 e. The van der Waals surface area contributed by atoms with Crippen LogP contribution >= 0.6 is 0 Å². The largest absolute Gasteiger partial charge is 0.478 e. The van der Waals surface area contributed by atoms with Crippen LogP contribution in [-0.4, -0.2) is 34.1 Å². The van der Waals surface area contributed by atoms with Crippen molar-refractivity contribution in [1.29, 1.82) is 0 Å². The van der Waals surface area contributed by atoms with E-state index < -0.39 is 23.9 Å². The normalized spacial score (nSPS) is 10.3. The van der Waals surface area contributed by atoms with Crippen molar-refractivity contribution in [2.45, 2.75) is 26.1 Å². The molecule has 2 N–H and O–H groups in total. The molecule has 6 aromatic carbocycles. The Kier molecular flexibility index (Phi) is 12.8. The highest BCUT2D eigenvalue weighted by molar-refractivity contribution is 6.04. The summed E-state index contributed by atoms with van der Waals surface area (Å²) in [5.41, 5.74) is 5.19. The Morgan fingerprint density at radius 2 is 0.788 bits per heavy atom. The summed E-state index contributed by atoms with van der Waals surface area (Å²) in [6.07, 6.45) is 0.912. The number of hydrogen-bond acceptors (Lipinski definition) is 6. The summed E-state index contributed by atoms with van der Waals surface area (Å²) in [4.78, 5) is 48.2. The molecule has 0 heterocycles. The second-order valence-corrected chi connectivity index (χ2v) is 11.7. The van der Waals surface area contributed by atoms with Crippen LogP contribution in [-0.2, 0) is 35.5 Å². The van der Waals surface area contributed by atoms with Gasteiger partial charge in [0.1, 0.15) is 13.2 Å². The van der Waals surface area contributed by atoms with Gasteiger partial charge in [0, 0.05) is 0 Å². The highest BCUT2D eigenvalue weighted by atomic mass is 16.5. The van der Waals surface area contributed by atoms with Gasteiger partial charge in [-0.2, -0.15) is 0 Å². The second-order valence-electron chi connectivity index (χ2n) is 11.7. The molecule has 0 aliphatic rings. The molecule has 8 heteroatoms. The van der Waals surface area contributed by atoms with Crippen LogP contribution in [0.25, 0.3) is 0 Å². The Labute approximate surface area is 301 Å². The van der Waals surface area contributed by atoms with Crippen LogP contribution in [0.4, 0.5) is 0 Å². The third-order valence-corrected chi connectivity index (χ3v) is 8.11. The number of hydrogen-bond donors (Lipinski definition) is 2. The summed E-state index contributed by atoms with van der Waals surface area (Å²) in [5.74, 6) is -3.56. The van der Waals surface area contributed by atoms with Gasteiger partial charge in [-0.3, -0.25) is 0 Å². The van der Waals surface area contributed by atoms with Crippen LogP contribution in [0.3, 0.4) is 0 Å². The number of rotatable bonds is 12. The summed E-state index contributed by atoms with van der Waals surface area (Å²) in [5, 5.41) is 19.1. The van der Waals surface area contributed by atoms with Gasteiger partial charge in [-0.15, -0.1) is 0 Å². The monoisotopic (exact) mass is 692 g/mol. The van der Waals surface area contributed by atoms with E-state index in [2.05, 4.69) is 0 Å². The van der Waals surface area contributed by atoms with E-state index in [1.54, 1.807) is 30.3 Å². The molecule has 0 amide bonds. The number of carboxylic acid groups (broad SMARTS) is 2. The molecule has 8 nitrogen and oxygen atoms in total. The lowest BCUT2D eigenvalue weighted by Gasteiger charge is -2.15. The third kappa shape index (κ3) is 10.1. The lowest BCUT2D eigenvalue weighted by Crippen LogP contribution is -2.14. The molecule has 0 radical (unpaired) electrons. The fraction of sp³-hybridized carbons (Fsp3) is 0.0909. The Bertz CT molecular complexity index is 2040. The molecule has 0 unspecified atom stereocenters. The summed E-state index contributed by atoms with van der Waals surface area (Å²) in [7, 11) is 0. The zero-order valence-corrected chi connectivity index (χ0v) is 28.2. The summed E-state index contributed by atoms with van der Waals surface area (Å²) < 4.78 is 10.6. The molecule has 0 bridgehead atoms. The average molecular weight is 693 g/mol. The van der Waals surface area contributed by atoms with E-state index >= 15 is 0 Å². The molecule has 0 aromatic heterocycles. The lowest BCUT2D eigenvalue weighted by atomic mass is 9.88. The first-order valence-electron chi connectivity index (χ1n) is 16.5. The first-order valence-corrected chi connectivity index (χ1v) is 16.5. The minimum atomic E-state index is -1.23. The number of ether oxygens (including phenoxy) is 2. The van der Waals surface area contributed by atoms with Crippen molar-refractivity contribution in [3.63, 3.8) is 0 Å². The zero-order valence-electron chi connectivity index (χ0n) is 28.2. The number of carbonyl (C=O) groups excluding carboxylic acids is 2. The first-order chi connectivity index (χ1) is 25.3. The number of benzene rings is 6. The molecular weight excluding hydrogens is 656 g/mol. The van der Waals surface area contributed by atoms with Gasteiger partial charge in [0.05, 0.1) is 22.3 Å². The average Bonchev–Trinajstić information content (AvgIpc) is 3.18. The van der Waals surface area contributed by atoms with Crippen molar-refractivity contribution in [1.82, 2.24) is 0 Å². The minimum absolute atomic E-state index is 0.130. The third-order valence-electron chi connectivity index (χ3n) is 8.11. The van der Waals surface area contributed by atoms with Crippen LogP contribution < -0.4 is 0 Å². The van der Waals surface area contributed by atoms with Gasteiger partial charge in [0.25, 0.3) is 0 Å². The number of carbonyl (C=O) groups is 4. The predicted octanol–water partition coefficient (Wildman–Crippen LogP) is 8.67. The maximum Gasteiger partial charge on any atom is 0.339 e. The molecule has 260 valence electrons. The Morgan fingerprint density at radius 1 is 0.404 bits per heavy atom. The molecule has 0 saturated heterocycles. The van der Waals surface area contributed by atoms with Gasteiger partial charge >= 0.3 is 23.9 Å². The highest BCUT2D eigenvalue weighted by Gasteiger charge is 2.23. The molecule has 52 heavy (non-hydrogen) atoms. The van der Waals surface area contributed by atoms with Crippen LogP contribution in [0, 0.1) is 0 Å². The van der Waals surface area contributed by atoms with E-state index in [4.69, 9.17) is 9.47 Å². The highest BCUT2D eigenvalue weighted by Crippen LogP contribution is 2.26. The molecule has 6 rings (SSSR count). The quantitative estimate of drug-likeness (QED) is 0.122. The van der Waals surface area contributed by atoms with Gasteiger partial charge in [0.15, 0.2) is 0 Å². The standard InChI is InChI=1S/2C22H18O4/c23-21(25-15-17-9-3-1-4-10-17)19-13-7-8-14-20(19)22(24)26-16-18-11-5-2-6-12-18;23-21(24)18-12-11-17(13-15-7-3-1-4-8-15)19(20(18)22(25)26)14-16-9-5-2-6-10-16/h1-14H,15-16H2;1-12H,13-14H2,(H,23,24)(H,25,26). The van der Waals surface area contributed by atoms with Gasteiger partial charge in [-0.1, -0.05) is 140 Å². The molecule has 0 spiro atoms. The van der Waals surface area contributed by atoms with E-state index in [1.165, 1.54) is 6.07 Å². The lowest BCUT2D eigenvalue weighted by molar-refractivity contribution is 0.0425. The SMILES string of the molecule is O=C(O)c1ccc(Cc2ccccc2)c(Cc2ccccc2)c1C(=O)O.O=C(OCc1ccccc1)c1ccccc1C(=O)OCc1ccccc1. The fourth-order valence-corrected chi connectivity index (χ4v) is 5.54. The van der Waals surface area contributed by atoms with Crippen LogP contribution in [0.5, 0.6) is 0 Å². The van der Waals surface area contributed by atoms with Gasteiger partial charge in [-0.25, -0.2) is 19.2 Å². The smallest absolute Gasteiger partial charge is 0.339 e. The van der Waals surface area contributed by atoms with Crippen LogP contribution in [0.2, 0.25) is 0 Å². The molecule has 0 saturated carbocycles. The van der Waals surface area contributed by atoms with Crippen molar-refractivity contribution < 1.29 is 38.9 Å². The maximum absolute atomic E-state index is 12.4. The molecule has 0 fully saturated rings. The van der Waals surface area contributed by atoms with E-state index in [9.17, 15) is 29.4 Å². The second kappa shape index (κ2) is 18.3. The first kappa shape index (κ1) is 36.5. The molecule has 0 atom stereocenters. The zero-order chi connectivity index (χ0) is 36.7. The fourth-order valence-electron chi connectivity index (χ4n) is 5.54. The van der Waals surface area contributed by atoms with Gasteiger partial charge < -0.3 is 19.7 Å². The van der Waals surface area contributed by atoms with Gasteiger partial charge in [0.2, 0.25) is 0 Å². The summed E-state index contributed by atoms with van der Waals surface area (Å²) >= 11 is 0. The number of esters is 2. The number of aromatic carboxylic acids is 2. The maximum atomic E-state index is 12.4. The van der Waals surface area contributed by atoms with E-state index in [0.717, 1.165) is 27.8 Å². The molecule has 6 aromatic rings. The van der Waals surface area contributed by atoms with Crippen molar-refractivity contribution in [2.24, 2.45) is 0 Å². The van der Waals surface area contributed by atoms with Crippen LogP contribution in [0.15, 0.2) is 158 Å². The van der Waals surface area contributed by atoms with Crippen molar-refractivity contribution in [3.8, 4) is 0 Å². The Morgan fingerprint density at radius 3 is 1.19 bits per heavy atom. The summed E-state index contributed by atoms with van der Waals surface area (Å²) in [6.45, 7) is 0.292. The predicted molar refractivity (Wildman–Crippen MR) is 196 cm³/mol. The van der Waals surface area contributed by atoms with Crippen molar-refractivity contribution in [2.75, 3.05) is 0 Å². The molecular formula is C44H36O8.